The molecule has 0 unspecified atom stereocenters. The molecule has 0 saturated carbocycles. The Balaban J connectivity index is 3.42. The van der Waals surface area contributed by atoms with Gasteiger partial charge >= 0.3 is 5.97 Å². The molecule has 0 atom stereocenters. The topological polar surface area (TPSA) is 50.2 Å². The molecule has 7 heteroatoms. The number of pyridine rings is 1. The van der Waals surface area contributed by atoms with Crippen LogP contribution in [-0.4, -0.2) is 16.1 Å². The summed E-state index contributed by atoms with van der Waals surface area (Å²) in [4.78, 5) is 14.3. The van der Waals surface area contributed by atoms with E-state index in [9.17, 15) is 13.6 Å². The lowest BCUT2D eigenvalue weighted by molar-refractivity contribution is 0.0694. The number of carboxylic acid groups (broad SMARTS) is 1. The molecule has 0 saturated heterocycles. The van der Waals surface area contributed by atoms with Gasteiger partial charge in [0.25, 0.3) is 6.43 Å². The Labute approximate surface area is 97.2 Å². The molecule has 15 heavy (non-hydrogen) atoms. The van der Waals surface area contributed by atoms with Gasteiger partial charge in [-0.15, -0.1) is 11.6 Å². The minimum atomic E-state index is -2.83. The van der Waals surface area contributed by atoms with Gasteiger partial charge in [-0.2, -0.15) is 0 Å². The number of aromatic nitrogens is 1. The van der Waals surface area contributed by atoms with Crippen molar-refractivity contribution in [1.82, 2.24) is 4.98 Å². The third-order valence-corrected chi connectivity index (χ3v) is 2.78. The van der Waals surface area contributed by atoms with Crippen molar-refractivity contribution >= 4 is 33.5 Å². The standard InChI is InChI=1S/C8H5BrClF2NO2/c9-5-4(8(14)15)3(1-10)2-13-6(5)7(11)12/h2,7H,1H2,(H,14,15). The van der Waals surface area contributed by atoms with Crippen molar-refractivity contribution in [3.63, 3.8) is 0 Å². The number of halogens is 4. The van der Waals surface area contributed by atoms with Gasteiger partial charge in [0.1, 0.15) is 5.69 Å². The van der Waals surface area contributed by atoms with E-state index in [1.807, 2.05) is 0 Å². The lowest BCUT2D eigenvalue weighted by Crippen LogP contribution is -2.07. The highest BCUT2D eigenvalue weighted by Crippen LogP contribution is 2.30. The minimum absolute atomic E-state index is 0.100. The summed E-state index contributed by atoms with van der Waals surface area (Å²) >= 11 is 8.26. The first kappa shape index (κ1) is 12.3. The van der Waals surface area contributed by atoms with Crippen molar-refractivity contribution in [2.45, 2.75) is 12.3 Å². The maximum absolute atomic E-state index is 12.4. The van der Waals surface area contributed by atoms with Crippen molar-refractivity contribution in [2.75, 3.05) is 0 Å². The second-order valence-corrected chi connectivity index (χ2v) is 3.66. The van der Waals surface area contributed by atoms with Crippen LogP contribution in [0.1, 0.15) is 28.0 Å². The van der Waals surface area contributed by atoms with E-state index in [2.05, 4.69) is 20.9 Å². The van der Waals surface area contributed by atoms with Gasteiger partial charge in [-0.3, -0.25) is 4.98 Å². The molecular weight excluding hydrogens is 295 g/mol. The van der Waals surface area contributed by atoms with E-state index in [0.717, 1.165) is 6.20 Å². The van der Waals surface area contributed by atoms with Crippen LogP contribution >= 0.6 is 27.5 Å². The molecule has 0 bridgehead atoms. The molecule has 1 aromatic heterocycles. The van der Waals surface area contributed by atoms with Crippen molar-refractivity contribution < 1.29 is 18.7 Å². The largest absolute Gasteiger partial charge is 0.478 e. The van der Waals surface area contributed by atoms with Crippen LogP contribution in [0.15, 0.2) is 10.7 Å². The number of aromatic carboxylic acids is 1. The second kappa shape index (κ2) is 4.85. The molecule has 0 fully saturated rings. The summed E-state index contributed by atoms with van der Waals surface area (Å²) < 4.78 is 24.6. The Morgan fingerprint density at radius 1 is 1.67 bits per heavy atom. The highest BCUT2D eigenvalue weighted by atomic mass is 79.9. The predicted molar refractivity (Wildman–Crippen MR) is 53.4 cm³/mol. The SMILES string of the molecule is O=C(O)c1c(CCl)cnc(C(F)F)c1Br. The third kappa shape index (κ3) is 2.43. The summed E-state index contributed by atoms with van der Waals surface area (Å²) in [7, 11) is 0. The fraction of sp³-hybridized carbons (Fsp3) is 0.250. The number of nitrogens with zero attached hydrogens (tertiary/aromatic N) is 1. The van der Waals surface area contributed by atoms with Gasteiger partial charge in [0, 0.05) is 17.6 Å². The predicted octanol–water partition coefficient (Wildman–Crippen LogP) is 3.22. The fourth-order valence-electron chi connectivity index (χ4n) is 1.02. The number of hydrogen-bond donors (Lipinski definition) is 1. The van der Waals surface area contributed by atoms with Crippen molar-refractivity contribution in [2.24, 2.45) is 0 Å². The van der Waals surface area contributed by atoms with E-state index >= 15 is 0 Å². The van der Waals surface area contributed by atoms with Gasteiger partial charge in [0.05, 0.1) is 10.0 Å². The van der Waals surface area contributed by atoms with Crippen molar-refractivity contribution in [1.29, 1.82) is 0 Å². The number of alkyl halides is 3. The van der Waals surface area contributed by atoms with Crippen LogP contribution < -0.4 is 0 Å². The Morgan fingerprint density at radius 3 is 2.67 bits per heavy atom. The summed E-state index contributed by atoms with van der Waals surface area (Å²) in [6, 6.07) is 0. The van der Waals surface area contributed by atoms with Gasteiger partial charge in [-0.05, 0) is 15.9 Å². The first-order valence-corrected chi connectivity index (χ1v) is 5.06. The Hall–Kier alpha value is -0.750. The van der Waals surface area contributed by atoms with Crippen LogP contribution in [0.4, 0.5) is 8.78 Å². The molecule has 1 N–H and O–H groups in total. The normalized spacial score (nSPS) is 10.7. The number of carboxylic acids is 1. The monoisotopic (exact) mass is 299 g/mol. The van der Waals surface area contributed by atoms with Crippen LogP contribution in [-0.2, 0) is 5.88 Å². The van der Waals surface area contributed by atoms with Crippen LogP contribution in [0.3, 0.4) is 0 Å². The zero-order valence-corrected chi connectivity index (χ0v) is 9.52. The van der Waals surface area contributed by atoms with Gasteiger partial charge in [-0.1, -0.05) is 0 Å². The van der Waals surface area contributed by atoms with Gasteiger partial charge in [0.15, 0.2) is 0 Å². The molecule has 82 valence electrons. The molecule has 0 aliphatic carbocycles. The molecule has 3 nitrogen and oxygen atoms in total. The van der Waals surface area contributed by atoms with E-state index in [4.69, 9.17) is 16.7 Å². The summed E-state index contributed by atoms with van der Waals surface area (Å²) in [6.07, 6.45) is -1.79. The molecular formula is C8H5BrClF2NO2. The molecule has 0 aliphatic heterocycles. The minimum Gasteiger partial charge on any atom is -0.478 e. The highest BCUT2D eigenvalue weighted by Gasteiger charge is 2.22. The zero-order valence-electron chi connectivity index (χ0n) is 7.18. The number of rotatable bonds is 3. The van der Waals surface area contributed by atoms with E-state index in [1.54, 1.807) is 0 Å². The van der Waals surface area contributed by atoms with Gasteiger partial charge in [-0.25, -0.2) is 13.6 Å². The Bertz CT molecular complexity index is 400. The van der Waals surface area contributed by atoms with E-state index < -0.39 is 18.1 Å². The average Bonchev–Trinajstić information content (AvgIpc) is 2.15. The fourth-order valence-corrected chi connectivity index (χ4v) is 1.92. The quantitative estimate of drug-likeness (QED) is 0.872. The lowest BCUT2D eigenvalue weighted by atomic mass is 10.1. The molecule has 1 rings (SSSR count). The number of hydrogen-bond acceptors (Lipinski definition) is 2. The lowest BCUT2D eigenvalue weighted by Gasteiger charge is -2.08. The Kier molecular flexibility index (Phi) is 3.98. The summed E-state index contributed by atoms with van der Waals surface area (Å²) in [6.45, 7) is 0. The van der Waals surface area contributed by atoms with E-state index in [-0.39, 0.29) is 21.5 Å². The molecule has 0 aliphatic rings. The number of carbonyl (C=O) groups is 1. The average molecular weight is 300 g/mol. The molecule has 0 amide bonds. The molecule has 0 spiro atoms. The molecule has 0 aromatic carbocycles. The molecule has 0 radical (unpaired) electrons. The second-order valence-electron chi connectivity index (χ2n) is 2.60. The maximum atomic E-state index is 12.4. The first-order valence-electron chi connectivity index (χ1n) is 3.73. The Morgan fingerprint density at radius 2 is 2.27 bits per heavy atom. The van der Waals surface area contributed by atoms with Crippen LogP contribution in [0.25, 0.3) is 0 Å². The van der Waals surface area contributed by atoms with Gasteiger partial charge in [0.2, 0.25) is 0 Å². The first-order chi connectivity index (χ1) is 6.99. The van der Waals surface area contributed by atoms with Crippen LogP contribution in [0.2, 0.25) is 0 Å². The summed E-state index contributed by atoms with van der Waals surface area (Å²) in [5.41, 5.74) is -0.669. The molecule has 1 aromatic rings. The molecule has 1 heterocycles. The van der Waals surface area contributed by atoms with Crippen LogP contribution in [0, 0.1) is 0 Å². The van der Waals surface area contributed by atoms with Crippen molar-refractivity contribution in [3.05, 3.63) is 27.5 Å². The van der Waals surface area contributed by atoms with Crippen LogP contribution in [0.5, 0.6) is 0 Å². The maximum Gasteiger partial charge on any atom is 0.337 e. The highest BCUT2D eigenvalue weighted by molar-refractivity contribution is 9.10. The third-order valence-electron chi connectivity index (χ3n) is 1.69. The van der Waals surface area contributed by atoms with Gasteiger partial charge < -0.3 is 5.11 Å². The van der Waals surface area contributed by atoms with E-state index in [0.29, 0.717) is 0 Å². The summed E-state index contributed by atoms with van der Waals surface area (Å²) in [5.74, 6) is -1.42. The smallest absolute Gasteiger partial charge is 0.337 e. The zero-order chi connectivity index (χ0) is 11.6. The summed E-state index contributed by atoms with van der Waals surface area (Å²) in [5, 5.41) is 8.82. The van der Waals surface area contributed by atoms with E-state index in [1.165, 1.54) is 0 Å². The van der Waals surface area contributed by atoms with Crippen molar-refractivity contribution in [3.8, 4) is 0 Å².